The summed E-state index contributed by atoms with van der Waals surface area (Å²) < 4.78 is 16.3. The second-order valence-electron chi connectivity index (χ2n) is 5.96. The summed E-state index contributed by atoms with van der Waals surface area (Å²) in [7, 11) is 1.95. The van der Waals surface area contributed by atoms with Crippen molar-refractivity contribution in [1.82, 2.24) is 5.32 Å². The van der Waals surface area contributed by atoms with Gasteiger partial charge in [-0.05, 0) is 38.3 Å². The summed E-state index contributed by atoms with van der Waals surface area (Å²) in [4.78, 5) is 0. The first-order chi connectivity index (χ1) is 9.06. The minimum atomic E-state index is 0.407. The van der Waals surface area contributed by atoms with Gasteiger partial charge in [0.2, 0.25) is 0 Å². The van der Waals surface area contributed by atoms with Crippen molar-refractivity contribution < 1.29 is 14.2 Å². The maximum atomic E-state index is 5.51. The summed E-state index contributed by atoms with van der Waals surface area (Å²) in [6.45, 7) is 12.1. The highest BCUT2D eigenvalue weighted by Gasteiger charge is 2.08. The lowest BCUT2D eigenvalue weighted by atomic mass is 9.91. The molecule has 0 fully saturated rings. The Hall–Kier alpha value is -0.160. The van der Waals surface area contributed by atoms with Crippen LogP contribution in [0.3, 0.4) is 0 Å². The van der Waals surface area contributed by atoms with E-state index in [1.807, 2.05) is 7.05 Å². The van der Waals surface area contributed by atoms with Gasteiger partial charge in [-0.25, -0.2) is 0 Å². The van der Waals surface area contributed by atoms with Crippen LogP contribution in [0, 0.1) is 5.41 Å². The Bertz CT molecular complexity index is 181. The van der Waals surface area contributed by atoms with Crippen LogP contribution >= 0.6 is 0 Å². The fourth-order valence-electron chi connectivity index (χ4n) is 1.60. The Kier molecular flexibility index (Phi) is 12.7. The van der Waals surface area contributed by atoms with E-state index in [1.54, 1.807) is 0 Å². The summed E-state index contributed by atoms with van der Waals surface area (Å²) in [5, 5.41) is 3.08. The molecule has 0 aliphatic heterocycles. The number of ether oxygens (including phenoxy) is 3. The molecular weight excluding hydrogens is 242 g/mol. The van der Waals surface area contributed by atoms with Crippen molar-refractivity contribution in [3.05, 3.63) is 0 Å². The zero-order chi connectivity index (χ0) is 14.4. The van der Waals surface area contributed by atoms with Crippen LogP contribution < -0.4 is 5.32 Å². The van der Waals surface area contributed by atoms with Crippen LogP contribution in [0.4, 0.5) is 0 Å². The van der Waals surface area contributed by atoms with E-state index >= 15 is 0 Å². The average Bonchev–Trinajstić information content (AvgIpc) is 2.34. The highest BCUT2D eigenvalue weighted by Crippen LogP contribution is 2.20. The average molecular weight is 275 g/mol. The Balaban J connectivity index is 2.99. The molecular formula is C15H33NO3. The number of hydrogen-bond acceptors (Lipinski definition) is 4. The van der Waals surface area contributed by atoms with Crippen molar-refractivity contribution in [1.29, 1.82) is 0 Å². The van der Waals surface area contributed by atoms with Gasteiger partial charge in [0.05, 0.1) is 26.4 Å². The molecule has 0 aliphatic rings. The second-order valence-corrected chi connectivity index (χ2v) is 5.96. The van der Waals surface area contributed by atoms with Gasteiger partial charge in [-0.15, -0.1) is 0 Å². The number of rotatable bonds is 13. The van der Waals surface area contributed by atoms with E-state index in [9.17, 15) is 0 Å². The van der Waals surface area contributed by atoms with Crippen LogP contribution in [0.5, 0.6) is 0 Å². The molecule has 0 bridgehead atoms. The topological polar surface area (TPSA) is 39.7 Å². The van der Waals surface area contributed by atoms with Gasteiger partial charge >= 0.3 is 0 Å². The molecule has 116 valence electrons. The molecule has 0 unspecified atom stereocenters. The van der Waals surface area contributed by atoms with Gasteiger partial charge in [0.15, 0.2) is 0 Å². The van der Waals surface area contributed by atoms with Gasteiger partial charge in [-0.3, -0.25) is 0 Å². The molecule has 1 N–H and O–H groups in total. The summed E-state index contributed by atoms with van der Waals surface area (Å²) >= 11 is 0. The van der Waals surface area contributed by atoms with Crippen LogP contribution in [0.25, 0.3) is 0 Å². The first kappa shape index (κ1) is 18.8. The van der Waals surface area contributed by atoms with E-state index in [1.165, 1.54) is 6.42 Å². The molecule has 4 nitrogen and oxygen atoms in total. The van der Waals surface area contributed by atoms with Crippen molar-refractivity contribution in [3.63, 3.8) is 0 Å². The lowest BCUT2D eigenvalue weighted by Crippen LogP contribution is -2.13. The smallest absolute Gasteiger partial charge is 0.0701 e. The molecule has 0 saturated heterocycles. The van der Waals surface area contributed by atoms with E-state index in [2.05, 4.69) is 26.1 Å². The molecule has 0 amide bonds. The molecule has 0 heterocycles. The van der Waals surface area contributed by atoms with Gasteiger partial charge in [-0.1, -0.05) is 20.8 Å². The first-order valence-electron chi connectivity index (χ1n) is 7.44. The van der Waals surface area contributed by atoms with E-state index in [-0.39, 0.29) is 0 Å². The van der Waals surface area contributed by atoms with Gasteiger partial charge in [-0.2, -0.15) is 0 Å². The van der Waals surface area contributed by atoms with Crippen LogP contribution in [-0.4, -0.2) is 53.2 Å². The van der Waals surface area contributed by atoms with Crippen LogP contribution in [-0.2, 0) is 14.2 Å². The Morgan fingerprint density at radius 3 is 1.68 bits per heavy atom. The Morgan fingerprint density at radius 2 is 1.21 bits per heavy atom. The SMILES string of the molecule is CNCCCOCCOCCOCCCC(C)(C)C. The molecule has 0 rings (SSSR count). The molecule has 19 heavy (non-hydrogen) atoms. The number of hydrogen-bond donors (Lipinski definition) is 1. The van der Waals surface area contributed by atoms with E-state index in [0.717, 1.165) is 32.6 Å². The van der Waals surface area contributed by atoms with Crippen LogP contribution in [0.15, 0.2) is 0 Å². The van der Waals surface area contributed by atoms with Gasteiger partial charge < -0.3 is 19.5 Å². The van der Waals surface area contributed by atoms with Crippen LogP contribution in [0.1, 0.15) is 40.0 Å². The maximum absolute atomic E-state index is 5.51. The van der Waals surface area contributed by atoms with Crippen molar-refractivity contribution >= 4 is 0 Å². The zero-order valence-corrected chi connectivity index (χ0v) is 13.3. The Morgan fingerprint density at radius 1 is 0.737 bits per heavy atom. The third kappa shape index (κ3) is 17.8. The zero-order valence-electron chi connectivity index (χ0n) is 13.3. The quantitative estimate of drug-likeness (QED) is 0.524. The van der Waals surface area contributed by atoms with Crippen molar-refractivity contribution in [2.45, 2.75) is 40.0 Å². The number of nitrogens with one attached hydrogen (secondary N) is 1. The van der Waals surface area contributed by atoms with E-state index in [4.69, 9.17) is 14.2 Å². The largest absolute Gasteiger partial charge is 0.379 e. The van der Waals surface area contributed by atoms with E-state index in [0.29, 0.717) is 31.8 Å². The molecule has 0 aromatic heterocycles. The lowest BCUT2D eigenvalue weighted by Gasteiger charge is -2.17. The predicted octanol–water partition coefficient (Wildman–Crippen LogP) is 2.47. The maximum Gasteiger partial charge on any atom is 0.0701 e. The molecule has 4 heteroatoms. The molecule has 0 aromatic rings. The molecule has 0 radical (unpaired) electrons. The highest BCUT2D eigenvalue weighted by atomic mass is 16.5. The molecule has 0 aromatic carbocycles. The second kappa shape index (κ2) is 12.9. The lowest BCUT2D eigenvalue weighted by molar-refractivity contribution is 0.0127. The molecule has 0 aliphatic carbocycles. The normalized spacial score (nSPS) is 12.0. The summed E-state index contributed by atoms with van der Waals surface area (Å²) in [5.74, 6) is 0. The van der Waals surface area contributed by atoms with Crippen LogP contribution in [0.2, 0.25) is 0 Å². The third-order valence-electron chi connectivity index (χ3n) is 2.67. The molecule has 0 spiro atoms. The Labute approximate surface area is 119 Å². The van der Waals surface area contributed by atoms with Crippen molar-refractivity contribution in [2.75, 3.05) is 53.2 Å². The monoisotopic (exact) mass is 275 g/mol. The third-order valence-corrected chi connectivity index (χ3v) is 2.67. The fraction of sp³-hybridized carbons (Fsp3) is 1.00. The van der Waals surface area contributed by atoms with Crippen molar-refractivity contribution in [3.8, 4) is 0 Å². The minimum absolute atomic E-state index is 0.407. The first-order valence-corrected chi connectivity index (χ1v) is 7.44. The molecule has 0 saturated carbocycles. The summed E-state index contributed by atoms with van der Waals surface area (Å²) in [6.07, 6.45) is 3.37. The predicted molar refractivity (Wildman–Crippen MR) is 79.7 cm³/mol. The van der Waals surface area contributed by atoms with Gasteiger partial charge in [0.1, 0.15) is 0 Å². The summed E-state index contributed by atoms with van der Waals surface area (Å²) in [6, 6.07) is 0. The molecule has 0 atom stereocenters. The minimum Gasteiger partial charge on any atom is -0.379 e. The highest BCUT2D eigenvalue weighted by molar-refractivity contribution is 4.60. The fourth-order valence-corrected chi connectivity index (χ4v) is 1.60. The van der Waals surface area contributed by atoms with Gasteiger partial charge in [0, 0.05) is 13.2 Å². The van der Waals surface area contributed by atoms with Gasteiger partial charge in [0.25, 0.3) is 0 Å². The van der Waals surface area contributed by atoms with E-state index < -0.39 is 0 Å². The van der Waals surface area contributed by atoms with Crippen molar-refractivity contribution in [2.24, 2.45) is 5.41 Å². The summed E-state index contributed by atoms with van der Waals surface area (Å²) in [5.41, 5.74) is 0.407. The standard InChI is InChI=1S/C15H33NO3/c1-15(2,3)7-5-9-17-11-13-19-14-12-18-10-6-8-16-4/h16H,5-14H2,1-4H3.